The Kier molecular flexibility index (Phi) is 3.30. The van der Waals surface area contributed by atoms with Crippen LogP contribution >= 0.6 is 11.3 Å². The summed E-state index contributed by atoms with van der Waals surface area (Å²) in [5.41, 5.74) is 6.27. The summed E-state index contributed by atoms with van der Waals surface area (Å²) < 4.78 is 0. The van der Waals surface area contributed by atoms with Crippen molar-refractivity contribution in [1.82, 2.24) is 9.97 Å². The fourth-order valence-corrected chi connectivity index (χ4v) is 2.92. The molecule has 100 valence electrons. The van der Waals surface area contributed by atoms with Crippen molar-refractivity contribution in [2.75, 3.05) is 11.9 Å². The fourth-order valence-electron chi connectivity index (χ4n) is 1.91. The molecule has 3 N–H and O–H groups in total. The van der Waals surface area contributed by atoms with E-state index in [-0.39, 0.29) is 6.54 Å². The number of carbonyl (C=O) groups is 1. The number of hydrogen-bond donors (Lipinski definition) is 2. The lowest BCUT2D eigenvalue weighted by Crippen LogP contribution is -2.22. The summed E-state index contributed by atoms with van der Waals surface area (Å²) in [5, 5.41) is 3.83. The Labute approximate surface area is 119 Å². The average Bonchev–Trinajstić information content (AvgIpc) is 2.90. The van der Waals surface area contributed by atoms with E-state index >= 15 is 0 Å². The molecule has 0 radical (unpaired) electrons. The summed E-state index contributed by atoms with van der Waals surface area (Å²) in [6.45, 7) is 0.0582. The quantitative estimate of drug-likeness (QED) is 0.770. The van der Waals surface area contributed by atoms with Gasteiger partial charge in [0.25, 0.3) is 0 Å². The molecule has 0 spiro atoms. The van der Waals surface area contributed by atoms with E-state index in [4.69, 9.17) is 5.73 Å². The first-order chi connectivity index (χ1) is 9.74. The molecule has 2 aromatic heterocycles. The first-order valence-electron chi connectivity index (χ1n) is 6.06. The second-order valence-corrected chi connectivity index (χ2v) is 5.27. The van der Waals surface area contributed by atoms with Crippen LogP contribution in [0.15, 0.2) is 42.7 Å². The highest BCUT2D eigenvalue weighted by Crippen LogP contribution is 2.34. The predicted octanol–water partition coefficient (Wildman–Crippen LogP) is 2.26. The van der Waals surface area contributed by atoms with Crippen LogP contribution in [0.3, 0.4) is 0 Å². The molecule has 1 amide bonds. The molecule has 3 rings (SSSR count). The topological polar surface area (TPSA) is 80.9 Å². The average molecular weight is 284 g/mol. The molecule has 0 saturated heterocycles. The summed E-state index contributed by atoms with van der Waals surface area (Å²) in [6.07, 6.45) is 1.48. The molecular formula is C14H12N4OS. The largest absolute Gasteiger partial charge is 0.368 e. The van der Waals surface area contributed by atoms with Gasteiger partial charge in [-0.1, -0.05) is 30.3 Å². The highest BCUT2D eigenvalue weighted by molar-refractivity contribution is 7.21. The van der Waals surface area contributed by atoms with Gasteiger partial charge >= 0.3 is 0 Å². The minimum Gasteiger partial charge on any atom is -0.368 e. The van der Waals surface area contributed by atoms with Crippen LogP contribution in [-0.4, -0.2) is 22.4 Å². The Balaban J connectivity index is 2.02. The van der Waals surface area contributed by atoms with Gasteiger partial charge in [-0.15, -0.1) is 11.3 Å². The van der Waals surface area contributed by atoms with Crippen molar-refractivity contribution in [3.05, 3.63) is 42.7 Å². The normalized spacial score (nSPS) is 10.6. The Hall–Kier alpha value is -2.47. The smallest absolute Gasteiger partial charge is 0.236 e. The molecule has 0 aliphatic rings. The third-order valence-electron chi connectivity index (χ3n) is 2.82. The van der Waals surface area contributed by atoms with E-state index in [0.29, 0.717) is 5.82 Å². The number of carbonyl (C=O) groups excluding carboxylic acids is 1. The lowest BCUT2D eigenvalue weighted by Gasteiger charge is -2.02. The number of benzene rings is 1. The first-order valence-corrected chi connectivity index (χ1v) is 6.88. The standard InChI is InChI=1S/C14H12N4OS/c15-12(19)7-16-13-10-6-11(9-4-2-1-3-5-9)20-14(10)18-8-17-13/h1-6,8H,7H2,(H2,15,19)(H,16,17,18). The van der Waals surface area contributed by atoms with Crippen molar-refractivity contribution in [2.45, 2.75) is 0 Å². The molecule has 0 unspecified atom stereocenters. The zero-order valence-corrected chi connectivity index (χ0v) is 11.4. The van der Waals surface area contributed by atoms with Crippen LogP contribution in [0.5, 0.6) is 0 Å². The third kappa shape index (κ3) is 2.46. The van der Waals surface area contributed by atoms with Gasteiger partial charge in [-0.3, -0.25) is 4.79 Å². The molecule has 0 aliphatic carbocycles. The van der Waals surface area contributed by atoms with Gasteiger partial charge in [-0.2, -0.15) is 0 Å². The van der Waals surface area contributed by atoms with Crippen LogP contribution in [0.2, 0.25) is 0 Å². The molecule has 1 aromatic carbocycles. The second-order valence-electron chi connectivity index (χ2n) is 4.24. The molecule has 6 heteroatoms. The molecule has 0 aliphatic heterocycles. The molecule has 0 saturated carbocycles. The minimum atomic E-state index is -0.421. The number of aromatic nitrogens is 2. The summed E-state index contributed by atoms with van der Waals surface area (Å²) in [4.78, 5) is 21.3. The maximum atomic E-state index is 10.9. The Morgan fingerprint density at radius 3 is 2.80 bits per heavy atom. The maximum Gasteiger partial charge on any atom is 0.236 e. The van der Waals surface area contributed by atoms with Crippen molar-refractivity contribution in [3.8, 4) is 10.4 Å². The highest BCUT2D eigenvalue weighted by atomic mass is 32.1. The molecule has 3 aromatic rings. The fraction of sp³-hybridized carbons (Fsp3) is 0.0714. The Morgan fingerprint density at radius 2 is 2.05 bits per heavy atom. The highest BCUT2D eigenvalue weighted by Gasteiger charge is 2.10. The van der Waals surface area contributed by atoms with Gasteiger partial charge in [0.15, 0.2) is 0 Å². The minimum absolute atomic E-state index is 0.0582. The Morgan fingerprint density at radius 1 is 1.25 bits per heavy atom. The van der Waals surface area contributed by atoms with Gasteiger partial charge < -0.3 is 11.1 Å². The van der Waals surface area contributed by atoms with Crippen LogP contribution in [0.25, 0.3) is 20.7 Å². The van der Waals surface area contributed by atoms with Crippen molar-refractivity contribution in [2.24, 2.45) is 5.73 Å². The van der Waals surface area contributed by atoms with Crippen molar-refractivity contribution in [1.29, 1.82) is 0 Å². The number of hydrogen-bond acceptors (Lipinski definition) is 5. The Bertz CT molecular complexity index is 754. The number of amides is 1. The SMILES string of the molecule is NC(=O)CNc1ncnc2sc(-c3ccccc3)cc12. The van der Waals surface area contributed by atoms with E-state index in [0.717, 1.165) is 20.7 Å². The molecule has 5 nitrogen and oxygen atoms in total. The predicted molar refractivity (Wildman–Crippen MR) is 80.5 cm³/mol. The first kappa shape index (κ1) is 12.6. The van der Waals surface area contributed by atoms with E-state index in [9.17, 15) is 4.79 Å². The molecular weight excluding hydrogens is 272 g/mol. The molecule has 0 atom stereocenters. The summed E-state index contributed by atoms with van der Waals surface area (Å²) in [7, 11) is 0. The van der Waals surface area contributed by atoms with Gasteiger partial charge in [0.05, 0.1) is 11.9 Å². The van der Waals surface area contributed by atoms with E-state index in [1.54, 1.807) is 11.3 Å². The van der Waals surface area contributed by atoms with Crippen LogP contribution in [0, 0.1) is 0 Å². The number of fused-ring (bicyclic) bond motifs is 1. The second kappa shape index (κ2) is 5.26. The number of anilines is 1. The van der Waals surface area contributed by atoms with Crippen LogP contribution < -0.4 is 11.1 Å². The number of rotatable bonds is 4. The lowest BCUT2D eigenvalue weighted by atomic mass is 10.2. The number of nitrogens with two attached hydrogens (primary N) is 1. The summed E-state index contributed by atoms with van der Waals surface area (Å²) >= 11 is 1.59. The lowest BCUT2D eigenvalue weighted by molar-refractivity contribution is -0.116. The number of nitrogens with zero attached hydrogens (tertiary/aromatic N) is 2. The monoisotopic (exact) mass is 284 g/mol. The van der Waals surface area contributed by atoms with Gasteiger partial charge in [-0.05, 0) is 11.6 Å². The molecule has 20 heavy (non-hydrogen) atoms. The third-order valence-corrected chi connectivity index (χ3v) is 3.91. The molecule has 2 heterocycles. The van der Waals surface area contributed by atoms with E-state index < -0.39 is 5.91 Å². The van der Waals surface area contributed by atoms with E-state index in [1.807, 2.05) is 24.3 Å². The van der Waals surface area contributed by atoms with Gasteiger partial charge in [0.1, 0.15) is 17.0 Å². The maximum absolute atomic E-state index is 10.9. The molecule has 0 bridgehead atoms. The van der Waals surface area contributed by atoms with Crippen molar-refractivity contribution < 1.29 is 4.79 Å². The zero-order valence-electron chi connectivity index (χ0n) is 10.5. The van der Waals surface area contributed by atoms with Crippen molar-refractivity contribution in [3.63, 3.8) is 0 Å². The van der Waals surface area contributed by atoms with Crippen molar-refractivity contribution >= 4 is 33.3 Å². The van der Waals surface area contributed by atoms with Gasteiger partial charge in [0.2, 0.25) is 5.91 Å². The van der Waals surface area contributed by atoms with E-state index in [2.05, 4.69) is 27.4 Å². The van der Waals surface area contributed by atoms with Gasteiger partial charge in [-0.25, -0.2) is 9.97 Å². The van der Waals surface area contributed by atoms with Crippen LogP contribution in [0.1, 0.15) is 0 Å². The van der Waals surface area contributed by atoms with E-state index in [1.165, 1.54) is 6.33 Å². The zero-order chi connectivity index (χ0) is 13.9. The number of thiophene rings is 1. The van der Waals surface area contributed by atoms with Gasteiger partial charge in [0, 0.05) is 4.88 Å². The number of nitrogens with one attached hydrogen (secondary N) is 1. The summed E-state index contributed by atoms with van der Waals surface area (Å²) in [5.74, 6) is 0.211. The van der Waals surface area contributed by atoms with Crippen LogP contribution in [-0.2, 0) is 4.79 Å². The van der Waals surface area contributed by atoms with Crippen LogP contribution in [0.4, 0.5) is 5.82 Å². The number of primary amides is 1. The molecule has 0 fully saturated rings. The summed E-state index contributed by atoms with van der Waals surface area (Å²) in [6, 6.07) is 12.1.